The van der Waals surface area contributed by atoms with E-state index in [1.807, 2.05) is 6.92 Å². The average Bonchev–Trinajstić information content (AvgIpc) is 2.44. The van der Waals surface area contributed by atoms with Gasteiger partial charge in [-0.25, -0.2) is 0 Å². The molecular weight excluding hydrogens is 270 g/mol. The molecule has 112 valence electrons. The van der Waals surface area contributed by atoms with Gasteiger partial charge in [-0.15, -0.1) is 0 Å². The van der Waals surface area contributed by atoms with Crippen LogP contribution in [-0.4, -0.2) is 49.6 Å². The summed E-state index contributed by atoms with van der Waals surface area (Å²) in [6.07, 6.45) is 2.42. The lowest BCUT2D eigenvalue weighted by molar-refractivity contribution is 0.111. The van der Waals surface area contributed by atoms with Crippen LogP contribution in [0.3, 0.4) is 0 Å². The standard InChI is InChI=1S/C16H26ClN3/c1-12-4-5-13(10-15(12)17)16(11-18)20-8-6-14(7-9-20)19(2)3/h4-5,10,14,16H,6-9,11,18H2,1-3H3. The molecule has 0 spiro atoms. The number of nitrogens with zero attached hydrogens (tertiary/aromatic N) is 2. The molecule has 0 saturated carbocycles. The van der Waals surface area contributed by atoms with E-state index in [1.165, 1.54) is 18.4 Å². The van der Waals surface area contributed by atoms with Gasteiger partial charge in [-0.1, -0.05) is 23.7 Å². The minimum absolute atomic E-state index is 0.288. The van der Waals surface area contributed by atoms with Gasteiger partial charge in [0.05, 0.1) is 0 Å². The van der Waals surface area contributed by atoms with Crippen LogP contribution in [-0.2, 0) is 0 Å². The highest BCUT2D eigenvalue weighted by molar-refractivity contribution is 6.31. The number of halogens is 1. The first kappa shape index (κ1) is 15.8. The third kappa shape index (κ3) is 3.53. The van der Waals surface area contributed by atoms with Gasteiger partial charge in [-0.3, -0.25) is 4.90 Å². The summed E-state index contributed by atoms with van der Waals surface area (Å²) in [4.78, 5) is 4.83. The third-order valence-electron chi connectivity index (χ3n) is 4.47. The smallest absolute Gasteiger partial charge is 0.0471 e. The molecule has 0 aliphatic carbocycles. The molecule has 0 amide bonds. The molecule has 0 radical (unpaired) electrons. The average molecular weight is 296 g/mol. The molecule has 1 aliphatic heterocycles. The Morgan fingerprint density at radius 2 is 2.00 bits per heavy atom. The van der Waals surface area contributed by atoms with Crippen molar-refractivity contribution in [2.45, 2.75) is 31.8 Å². The summed E-state index contributed by atoms with van der Waals surface area (Å²) in [5.74, 6) is 0. The van der Waals surface area contributed by atoms with Crippen LogP contribution >= 0.6 is 11.6 Å². The van der Waals surface area contributed by atoms with Gasteiger partial charge in [-0.2, -0.15) is 0 Å². The van der Waals surface area contributed by atoms with E-state index in [9.17, 15) is 0 Å². The van der Waals surface area contributed by atoms with Crippen molar-refractivity contribution in [3.05, 3.63) is 34.3 Å². The Labute approximate surface area is 127 Å². The summed E-state index contributed by atoms with van der Waals surface area (Å²) in [6.45, 7) is 4.89. The van der Waals surface area contributed by atoms with Crippen molar-refractivity contribution in [1.82, 2.24) is 9.80 Å². The van der Waals surface area contributed by atoms with Crippen LogP contribution in [0.2, 0.25) is 5.02 Å². The number of rotatable bonds is 4. The molecule has 0 aromatic heterocycles. The predicted octanol–water partition coefficient (Wildman–Crippen LogP) is 2.67. The molecule has 1 aliphatic rings. The molecule has 1 aromatic carbocycles. The summed E-state index contributed by atoms with van der Waals surface area (Å²) >= 11 is 6.25. The minimum Gasteiger partial charge on any atom is -0.329 e. The molecule has 1 atom stereocenters. The van der Waals surface area contributed by atoms with E-state index in [4.69, 9.17) is 17.3 Å². The first-order valence-electron chi connectivity index (χ1n) is 7.39. The summed E-state index contributed by atoms with van der Waals surface area (Å²) in [7, 11) is 4.33. The Bertz CT molecular complexity index is 439. The number of benzene rings is 1. The fourth-order valence-corrected chi connectivity index (χ4v) is 3.22. The second-order valence-electron chi connectivity index (χ2n) is 5.99. The van der Waals surface area contributed by atoms with Gasteiger partial charge in [0.25, 0.3) is 0 Å². The zero-order valence-corrected chi connectivity index (χ0v) is 13.5. The van der Waals surface area contributed by atoms with Gasteiger partial charge < -0.3 is 10.6 Å². The van der Waals surface area contributed by atoms with Gasteiger partial charge in [0, 0.05) is 36.7 Å². The van der Waals surface area contributed by atoms with Crippen LogP contribution < -0.4 is 5.73 Å². The number of hydrogen-bond acceptors (Lipinski definition) is 3. The Morgan fingerprint density at radius 3 is 2.50 bits per heavy atom. The van der Waals surface area contributed by atoms with Gasteiger partial charge in [0.15, 0.2) is 0 Å². The molecule has 20 heavy (non-hydrogen) atoms. The monoisotopic (exact) mass is 295 g/mol. The number of aryl methyl sites for hydroxylation is 1. The van der Waals surface area contributed by atoms with E-state index in [0.717, 1.165) is 23.7 Å². The summed E-state index contributed by atoms with van der Waals surface area (Å²) in [6, 6.07) is 7.32. The highest BCUT2D eigenvalue weighted by atomic mass is 35.5. The molecule has 2 N–H and O–H groups in total. The minimum atomic E-state index is 0.288. The molecule has 0 bridgehead atoms. The van der Waals surface area contributed by atoms with E-state index >= 15 is 0 Å². The fourth-order valence-electron chi connectivity index (χ4n) is 3.03. The zero-order chi connectivity index (χ0) is 14.7. The molecule has 1 heterocycles. The maximum Gasteiger partial charge on any atom is 0.0471 e. The third-order valence-corrected chi connectivity index (χ3v) is 4.88. The van der Waals surface area contributed by atoms with Crippen LogP contribution in [0, 0.1) is 6.92 Å². The normalized spacial score (nSPS) is 19.5. The van der Waals surface area contributed by atoms with Gasteiger partial charge in [0.2, 0.25) is 0 Å². The van der Waals surface area contributed by atoms with Gasteiger partial charge in [-0.05, 0) is 51.1 Å². The maximum absolute atomic E-state index is 6.25. The highest BCUT2D eigenvalue weighted by Gasteiger charge is 2.26. The molecule has 1 fully saturated rings. The molecule has 1 unspecified atom stereocenters. The Balaban J connectivity index is 2.07. The van der Waals surface area contributed by atoms with Crippen molar-refractivity contribution in [1.29, 1.82) is 0 Å². The van der Waals surface area contributed by atoms with Crippen molar-refractivity contribution in [3.8, 4) is 0 Å². The summed E-state index contributed by atoms with van der Waals surface area (Å²) in [5.41, 5.74) is 8.39. The SMILES string of the molecule is Cc1ccc(C(CN)N2CCC(N(C)C)CC2)cc1Cl. The lowest BCUT2D eigenvalue weighted by Crippen LogP contribution is -2.45. The van der Waals surface area contributed by atoms with Crippen molar-refractivity contribution in [2.75, 3.05) is 33.7 Å². The van der Waals surface area contributed by atoms with Gasteiger partial charge in [0.1, 0.15) is 0 Å². The Morgan fingerprint density at radius 1 is 1.35 bits per heavy atom. The fraction of sp³-hybridized carbons (Fsp3) is 0.625. The Kier molecular flexibility index (Phi) is 5.44. The number of hydrogen-bond donors (Lipinski definition) is 1. The zero-order valence-electron chi connectivity index (χ0n) is 12.8. The van der Waals surface area contributed by atoms with Crippen molar-refractivity contribution < 1.29 is 0 Å². The molecule has 2 rings (SSSR count). The first-order chi connectivity index (χ1) is 9.52. The van der Waals surface area contributed by atoms with Crippen LogP contribution in [0.15, 0.2) is 18.2 Å². The van der Waals surface area contributed by atoms with Crippen molar-refractivity contribution in [3.63, 3.8) is 0 Å². The Hall–Kier alpha value is -0.610. The van der Waals surface area contributed by atoms with Crippen molar-refractivity contribution in [2.24, 2.45) is 5.73 Å². The lowest BCUT2D eigenvalue weighted by atomic mass is 9.98. The quantitative estimate of drug-likeness (QED) is 0.927. The summed E-state index contributed by atoms with van der Waals surface area (Å²) < 4.78 is 0. The second-order valence-corrected chi connectivity index (χ2v) is 6.40. The van der Waals surface area contributed by atoms with Gasteiger partial charge >= 0.3 is 0 Å². The topological polar surface area (TPSA) is 32.5 Å². The lowest BCUT2D eigenvalue weighted by Gasteiger charge is -2.39. The van der Waals surface area contributed by atoms with Crippen LogP contribution in [0.5, 0.6) is 0 Å². The molecule has 1 saturated heterocycles. The predicted molar refractivity (Wildman–Crippen MR) is 86.3 cm³/mol. The van der Waals surface area contributed by atoms with Crippen LogP contribution in [0.25, 0.3) is 0 Å². The molecular formula is C16H26ClN3. The number of likely N-dealkylation sites (tertiary alicyclic amines) is 1. The van der Waals surface area contributed by atoms with E-state index in [2.05, 4.69) is 42.1 Å². The second kappa shape index (κ2) is 6.90. The van der Waals surface area contributed by atoms with Crippen LogP contribution in [0.4, 0.5) is 0 Å². The van der Waals surface area contributed by atoms with E-state index in [1.54, 1.807) is 0 Å². The molecule has 3 nitrogen and oxygen atoms in total. The number of piperidine rings is 1. The maximum atomic E-state index is 6.25. The van der Waals surface area contributed by atoms with Crippen molar-refractivity contribution >= 4 is 11.6 Å². The largest absolute Gasteiger partial charge is 0.329 e. The number of nitrogens with two attached hydrogens (primary N) is 1. The molecule has 1 aromatic rings. The van der Waals surface area contributed by atoms with E-state index in [-0.39, 0.29) is 6.04 Å². The highest BCUT2D eigenvalue weighted by Crippen LogP contribution is 2.28. The summed E-state index contributed by atoms with van der Waals surface area (Å²) in [5, 5.41) is 0.837. The van der Waals surface area contributed by atoms with E-state index < -0.39 is 0 Å². The van der Waals surface area contributed by atoms with E-state index in [0.29, 0.717) is 12.6 Å². The first-order valence-corrected chi connectivity index (χ1v) is 7.77. The molecule has 4 heteroatoms. The van der Waals surface area contributed by atoms with Crippen LogP contribution in [0.1, 0.15) is 30.0 Å².